The number of nitrogen functional groups attached to an aromatic ring is 1. The summed E-state index contributed by atoms with van der Waals surface area (Å²) in [6.45, 7) is 1.05. The number of benzene rings is 2. The Morgan fingerprint density at radius 1 is 1.06 bits per heavy atom. The van der Waals surface area contributed by atoms with Crippen LogP contribution in [0.4, 0.5) is 5.69 Å². The average molecular weight is 327 g/mol. The topological polar surface area (TPSA) is 35.2 Å². The van der Waals surface area contributed by atoms with E-state index in [9.17, 15) is 0 Å². The highest BCUT2D eigenvalue weighted by Gasteiger charge is 2.01. The van der Waals surface area contributed by atoms with Crippen molar-refractivity contribution >= 4 is 33.2 Å². The number of rotatable bonds is 4. The van der Waals surface area contributed by atoms with Gasteiger partial charge in [-0.3, -0.25) is 0 Å². The van der Waals surface area contributed by atoms with E-state index in [1.165, 1.54) is 0 Å². The first-order valence-corrected chi connectivity index (χ1v) is 6.68. The predicted molar refractivity (Wildman–Crippen MR) is 78.5 cm³/mol. The maximum atomic E-state index is 5.85. The zero-order valence-corrected chi connectivity index (χ0v) is 12.0. The van der Waals surface area contributed by atoms with Crippen LogP contribution in [0.1, 0.15) is 11.1 Å². The van der Waals surface area contributed by atoms with Crippen molar-refractivity contribution in [1.82, 2.24) is 0 Å². The van der Waals surface area contributed by atoms with E-state index in [4.69, 9.17) is 22.1 Å². The lowest BCUT2D eigenvalue weighted by molar-refractivity contribution is 0.107. The molecule has 0 saturated heterocycles. The minimum absolute atomic E-state index is 0.485. The van der Waals surface area contributed by atoms with Gasteiger partial charge in [-0.2, -0.15) is 0 Å². The van der Waals surface area contributed by atoms with Gasteiger partial charge >= 0.3 is 0 Å². The Bertz CT molecular complexity index is 528. The van der Waals surface area contributed by atoms with Crippen LogP contribution in [0, 0.1) is 0 Å². The summed E-state index contributed by atoms with van der Waals surface area (Å²) in [6, 6.07) is 13.5. The fourth-order valence-electron chi connectivity index (χ4n) is 1.56. The number of anilines is 1. The van der Waals surface area contributed by atoms with Crippen molar-refractivity contribution in [3.63, 3.8) is 0 Å². The Morgan fingerprint density at radius 2 is 1.78 bits per heavy atom. The molecule has 94 valence electrons. The molecule has 0 saturated carbocycles. The second kappa shape index (κ2) is 6.23. The molecule has 0 atom stereocenters. The van der Waals surface area contributed by atoms with Crippen LogP contribution in [0.15, 0.2) is 46.9 Å². The molecule has 0 aromatic heterocycles. The summed E-state index contributed by atoms with van der Waals surface area (Å²) in [5.41, 5.74) is 8.60. The number of ether oxygens (including phenoxy) is 1. The van der Waals surface area contributed by atoms with E-state index in [2.05, 4.69) is 15.9 Å². The number of hydrogen-bond donors (Lipinski definition) is 1. The van der Waals surface area contributed by atoms with Gasteiger partial charge in [-0.05, 0) is 29.8 Å². The normalized spacial score (nSPS) is 10.6. The Hall–Kier alpha value is -1.03. The van der Waals surface area contributed by atoms with Crippen LogP contribution in [-0.2, 0) is 18.0 Å². The molecular formula is C14H13BrClNO. The van der Waals surface area contributed by atoms with Gasteiger partial charge in [-0.25, -0.2) is 0 Å². The van der Waals surface area contributed by atoms with Crippen LogP contribution < -0.4 is 5.73 Å². The molecule has 2 aromatic carbocycles. The molecule has 0 radical (unpaired) electrons. The summed E-state index contributed by atoms with van der Waals surface area (Å²) >= 11 is 9.23. The van der Waals surface area contributed by atoms with Crippen LogP contribution in [0.3, 0.4) is 0 Å². The fourth-order valence-corrected chi connectivity index (χ4v) is 2.00. The van der Waals surface area contributed by atoms with Crippen LogP contribution in [-0.4, -0.2) is 0 Å². The Kier molecular flexibility index (Phi) is 4.64. The molecule has 0 bridgehead atoms. The molecule has 4 heteroatoms. The molecule has 0 amide bonds. The highest BCUT2D eigenvalue weighted by atomic mass is 79.9. The van der Waals surface area contributed by atoms with E-state index in [0.29, 0.717) is 23.9 Å². The second-order valence-electron chi connectivity index (χ2n) is 3.96. The third-order valence-electron chi connectivity index (χ3n) is 2.55. The smallest absolute Gasteiger partial charge is 0.0741 e. The highest BCUT2D eigenvalue weighted by molar-refractivity contribution is 9.10. The van der Waals surface area contributed by atoms with Crippen LogP contribution >= 0.6 is 27.5 Å². The van der Waals surface area contributed by atoms with E-state index in [1.807, 2.05) is 36.4 Å². The zero-order chi connectivity index (χ0) is 13.0. The van der Waals surface area contributed by atoms with Gasteiger partial charge in [-0.15, -0.1) is 0 Å². The first kappa shape index (κ1) is 13.4. The molecule has 0 aliphatic rings. The van der Waals surface area contributed by atoms with Crippen molar-refractivity contribution in [3.8, 4) is 0 Å². The summed E-state index contributed by atoms with van der Waals surface area (Å²) in [5.74, 6) is 0. The fraction of sp³-hybridized carbons (Fsp3) is 0.143. The van der Waals surface area contributed by atoms with E-state index in [1.54, 1.807) is 6.07 Å². The van der Waals surface area contributed by atoms with Gasteiger partial charge in [0, 0.05) is 20.7 Å². The molecule has 0 aliphatic heterocycles. The van der Waals surface area contributed by atoms with Crippen molar-refractivity contribution in [2.24, 2.45) is 0 Å². The second-order valence-corrected chi connectivity index (χ2v) is 5.31. The highest BCUT2D eigenvalue weighted by Crippen LogP contribution is 2.19. The maximum absolute atomic E-state index is 5.85. The van der Waals surface area contributed by atoms with E-state index in [0.717, 1.165) is 15.6 Å². The molecule has 18 heavy (non-hydrogen) atoms. The third-order valence-corrected chi connectivity index (χ3v) is 3.31. The van der Waals surface area contributed by atoms with E-state index < -0.39 is 0 Å². The largest absolute Gasteiger partial charge is 0.398 e. The van der Waals surface area contributed by atoms with Gasteiger partial charge < -0.3 is 10.5 Å². The van der Waals surface area contributed by atoms with Crippen LogP contribution in [0.5, 0.6) is 0 Å². The standard InChI is InChI=1S/C14H13BrClNO/c15-12-4-1-10(2-5-12)8-18-9-11-3-6-13(16)7-14(11)17/h1-7H,8-9,17H2. The third kappa shape index (κ3) is 3.73. The van der Waals surface area contributed by atoms with Crippen molar-refractivity contribution in [3.05, 3.63) is 63.1 Å². The van der Waals surface area contributed by atoms with Gasteiger partial charge in [-0.1, -0.05) is 45.7 Å². The van der Waals surface area contributed by atoms with Gasteiger partial charge in [0.05, 0.1) is 13.2 Å². The first-order valence-electron chi connectivity index (χ1n) is 5.51. The van der Waals surface area contributed by atoms with Gasteiger partial charge in [0.2, 0.25) is 0 Å². The minimum atomic E-state index is 0.485. The van der Waals surface area contributed by atoms with Crippen LogP contribution in [0.2, 0.25) is 5.02 Å². The molecule has 2 nitrogen and oxygen atoms in total. The molecule has 0 unspecified atom stereocenters. The molecule has 0 fully saturated rings. The van der Waals surface area contributed by atoms with Crippen molar-refractivity contribution < 1.29 is 4.74 Å². The molecule has 0 heterocycles. The Balaban J connectivity index is 1.90. The van der Waals surface area contributed by atoms with Gasteiger partial charge in [0.15, 0.2) is 0 Å². The molecule has 0 spiro atoms. The molecule has 2 rings (SSSR count). The van der Waals surface area contributed by atoms with Gasteiger partial charge in [0.1, 0.15) is 0 Å². The molecule has 0 aliphatic carbocycles. The zero-order valence-electron chi connectivity index (χ0n) is 9.70. The minimum Gasteiger partial charge on any atom is -0.398 e. The maximum Gasteiger partial charge on any atom is 0.0741 e. The molecular weight excluding hydrogens is 314 g/mol. The van der Waals surface area contributed by atoms with Crippen molar-refractivity contribution in [1.29, 1.82) is 0 Å². The number of nitrogens with two attached hydrogens (primary N) is 1. The lowest BCUT2D eigenvalue weighted by Crippen LogP contribution is -1.98. The van der Waals surface area contributed by atoms with Gasteiger partial charge in [0.25, 0.3) is 0 Å². The number of halogens is 2. The monoisotopic (exact) mass is 325 g/mol. The van der Waals surface area contributed by atoms with E-state index >= 15 is 0 Å². The van der Waals surface area contributed by atoms with Crippen LogP contribution in [0.25, 0.3) is 0 Å². The Morgan fingerprint density at radius 3 is 2.44 bits per heavy atom. The predicted octanol–water partition coefficient (Wildman–Crippen LogP) is 4.40. The lowest BCUT2D eigenvalue weighted by atomic mass is 10.2. The van der Waals surface area contributed by atoms with Crippen molar-refractivity contribution in [2.75, 3.05) is 5.73 Å². The summed E-state index contributed by atoms with van der Waals surface area (Å²) in [7, 11) is 0. The summed E-state index contributed by atoms with van der Waals surface area (Å²) in [6.07, 6.45) is 0. The summed E-state index contributed by atoms with van der Waals surface area (Å²) in [5, 5.41) is 0.643. The quantitative estimate of drug-likeness (QED) is 0.845. The Labute approximate surface area is 120 Å². The molecule has 2 N–H and O–H groups in total. The van der Waals surface area contributed by atoms with Crippen molar-refractivity contribution in [2.45, 2.75) is 13.2 Å². The van der Waals surface area contributed by atoms with E-state index in [-0.39, 0.29) is 0 Å². The molecule has 2 aromatic rings. The average Bonchev–Trinajstić information content (AvgIpc) is 2.34. The summed E-state index contributed by atoms with van der Waals surface area (Å²) < 4.78 is 6.69. The lowest BCUT2D eigenvalue weighted by Gasteiger charge is -2.07. The SMILES string of the molecule is Nc1cc(Cl)ccc1COCc1ccc(Br)cc1. The first-order chi connectivity index (χ1) is 8.65. The number of hydrogen-bond acceptors (Lipinski definition) is 2. The summed E-state index contributed by atoms with van der Waals surface area (Å²) in [4.78, 5) is 0.